The molecule has 0 spiro atoms. The number of carbonyl (C=O) groups excluding carboxylic acids is 1. The van der Waals surface area contributed by atoms with Gasteiger partial charge in [-0.1, -0.05) is 12.2 Å². The van der Waals surface area contributed by atoms with Crippen molar-refractivity contribution >= 4 is 17.7 Å². The molecule has 4 N–H and O–H groups in total. The molecule has 0 radical (unpaired) electrons. The Morgan fingerprint density at radius 1 is 1.29 bits per heavy atom. The molecule has 0 fully saturated rings. The normalized spacial score (nSPS) is 17.2. The SMILES string of the molecule is O=C(NCC1CC=CCC1)Nc1ccc(O)cc1C(=O)O. The van der Waals surface area contributed by atoms with Crippen LogP contribution in [0, 0.1) is 5.92 Å². The number of phenolic OH excluding ortho intramolecular Hbond substituents is 1. The fourth-order valence-corrected chi connectivity index (χ4v) is 2.26. The average Bonchev–Trinajstić information content (AvgIpc) is 2.48. The van der Waals surface area contributed by atoms with Gasteiger partial charge in [0.15, 0.2) is 0 Å². The zero-order valence-electron chi connectivity index (χ0n) is 11.5. The summed E-state index contributed by atoms with van der Waals surface area (Å²) in [7, 11) is 0. The molecule has 1 atom stereocenters. The van der Waals surface area contributed by atoms with E-state index in [9.17, 15) is 14.7 Å². The number of amides is 2. The smallest absolute Gasteiger partial charge is 0.337 e. The van der Waals surface area contributed by atoms with Crippen molar-refractivity contribution in [1.29, 1.82) is 0 Å². The number of benzene rings is 1. The van der Waals surface area contributed by atoms with Gasteiger partial charge in [-0.15, -0.1) is 0 Å². The van der Waals surface area contributed by atoms with Crippen molar-refractivity contribution in [3.63, 3.8) is 0 Å². The van der Waals surface area contributed by atoms with Crippen molar-refractivity contribution in [2.24, 2.45) is 5.92 Å². The minimum Gasteiger partial charge on any atom is -0.508 e. The molecule has 1 aromatic rings. The largest absolute Gasteiger partial charge is 0.508 e. The number of phenols is 1. The van der Waals surface area contributed by atoms with E-state index in [0.29, 0.717) is 12.5 Å². The lowest BCUT2D eigenvalue weighted by molar-refractivity contribution is 0.0697. The third-order valence-electron chi connectivity index (χ3n) is 3.41. The Hall–Kier alpha value is -2.50. The number of carbonyl (C=O) groups is 2. The lowest BCUT2D eigenvalue weighted by Gasteiger charge is -2.18. The highest BCUT2D eigenvalue weighted by Gasteiger charge is 2.15. The third kappa shape index (κ3) is 4.24. The van der Waals surface area contributed by atoms with E-state index in [4.69, 9.17) is 5.11 Å². The van der Waals surface area contributed by atoms with Crippen LogP contribution in [0.5, 0.6) is 5.75 Å². The number of aromatic carboxylic acids is 1. The fourth-order valence-electron chi connectivity index (χ4n) is 2.26. The van der Waals surface area contributed by atoms with Crippen molar-refractivity contribution in [1.82, 2.24) is 5.32 Å². The molecule has 1 unspecified atom stereocenters. The van der Waals surface area contributed by atoms with Crippen LogP contribution in [0.3, 0.4) is 0 Å². The highest BCUT2D eigenvalue weighted by atomic mass is 16.4. The minimum absolute atomic E-state index is 0.147. The summed E-state index contributed by atoms with van der Waals surface area (Å²) in [4.78, 5) is 22.9. The van der Waals surface area contributed by atoms with Gasteiger partial charge in [-0.25, -0.2) is 9.59 Å². The van der Waals surface area contributed by atoms with Gasteiger partial charge in [0.25, 0.3) is 0 Å². The van der Waals surface area contributed by atoms with Crippen LogP contribution in [0.25, 0.3) is 0 Å². The van der Waals surface area contributed by atoms with Crippen LogP contribution in [-0.4, -0.2) is 28.8 Å². The first kappa shape index (κ1) is 14.9. The number of hydrogen-bond acceptors (Lipinski definition) is 3. The van der Waals surface area contributed by atoms with Gasteiger partial charge in [0.1, 0.15) is 5.75 Å². The molecule has 2 amide bonds. The summed E-state index contributed by atoms with van der Waals surface area (Å²) in [5, 5.41) is 23.6. The number of aromatic hydroxyl groups is 1. The summed E-state index contributed by atoms with van der Waals surface area (Å²) < 4.78 is 0. The number of allylic oxidation sites excluding steroid dienone is 2. The van der Waals surface area contributed by atoms with Crippen molar-refractivity contribution < 1.29 is 19.8 Å². The van der Waals surface area contributed by atoms with Crippen molar-refractivity contribution in [3.8, 4) is 5.75 Å². The summed E-state index contributed by atoms with van der Waals surface area (Å²) in [6, 6.07) is 3.34. The maximum Gasteiger partial charge on any atom is 0.337 e. The van der Waals surface area contributed by atoms with E-state index >= 15 is 0 Å². The number of anilines is 1. The van der Waals surface area contributed by atoms with Crippen LogP contribution < -0.4 is 10.6 Å². The lowest BCUT2D eigenvalue weighted by Crippen LogP contribution is -2.33. The minimum atomic E-state index is -1.21. The summed E-state index contributed by atoms with van der Waals surface area (Å²) in [5.74, 6) is -0.953. The first-order valence-corrected chi connectivity index (χ1v) is 6.82. The first-order chi connectivity index (χ1) is 10.1. The number of rotatable bonds is 4. The number of carboxylic acids is 1. The van der Waals surface area contributed by atoms with Gasteiger partial charge in [-0.2, -0.15) is 0 Å². The fraction of sp³-hybridized carbons (Fsp3) is 0.333. The summed E-state index contributed by atoms with van der Waals surface area (Å²) >= 11 is 0. The topological polar surface area (TPSA) is 98.7 Å². The first-order valence-electron chi connectivity index (χ1n) is 6.82. The molecule has 6 nitrogen and oxygen atoms in total. The predicted octanol–water partition coefficient (Wildman–Crippen LogP) is 2.57. The number of nitrogens with one attached hydrogen (secondary N) is 2. The van der Waals surface area contributed by atoms with Crippen molar-refractivity contribution in [2.45, 2.75) is 19.3 Å². The number of carboxylic acid groups (broad SMARTS) is 1. The lowest BCUT2D eigenvalue weighted by atomic mass is 9.94. The van der Waals surface area contributed by atoms with Gasteiger partial charge in [-0.05, 0) is 43.4 Å². The van der Waals surface area contributed by atoms with Crippen LogP contribution in [0.15, 0.2) is 30.4 Å². The van der Waals surface area contributed by atoms with Gasteiger partial charge in [0.05, 0.1) is 11.3 Å². The molecular weight excluding hydrogens is 272 g/mol. The molecule has 0 aromatic heterocycles. The van der Waals surface area contributed by atoms with Crippen molar-refractivity contribution in [2.75, 3.05) is 11.9 Å². The molecular formula is C15H18N2O4. The van der Waals surface area contributed by atoms with E-state index in [-0.39, 0.29) is 17.0 Å². The maximum atomic E-state index is 11.8. The molecule has 21 heavy (non-hydrogen) atoms. The molecule has 6 heteroatoms. The highest BCUT2D eigenvalue weighted by Crippen LogP contribution is 2.21. The van der Waals surface area contributed by atoms with Gasteiger partial charge in [-0.3, -0.25) is 0 Å². The maximum absolute atomic E-state index is 11.8. The second kappa shape index (κ2) is 6.78. The van der Waals surface area contributed by atoms with E-state index in [1.165, 1.54) is 12.1 Å². The van der Waals surface area contributed by atoms with E-state index < -0.39 is 12.0 Å². The van der Waals surface area contributed by atoms with Crippen LogP contribution in [0.1, 0.15) is 29.6 Å². The molecule has 1 aliphatic rings. The van der Waals surface area contributed by atoms with Crippen LogP contribution in [-0.2, 0) is 0 Å². The Labute approximate surface area is 122 Å². The van der Waals surface area contributed by atoms with Gasteiger partial charge in [0, 0.05) is 6.54 Å². The Morgan fingerprint density at radius 3 is 2.76 bits per heavy atom. The molecule has 0 saturated heterocycles. The predicted molar refractivity (Wildman–Crippen MR) is 78.6 cm³/mol. The molecule has 1 aromatic carbocycles. The van der Waals surface area contributed by atoms with Crippen LogP contribution >= 0.6 is 0 Å². The second-order valence-corrected chi connectivity index (χ2v) is 5.02. The van der Waals surface area contributed by atoms with Gasteiger partial charge >= 0.3 is 12.0 Å². The summed E-state index contributed by atoms with van der Waals surface area (Å²) in [6.07, 6.45) is 7.24. The average molecular weight is 290 g/mol. The van der Waals surface area contributed by atoms with Gasteiger partial charge in [0.2, 0.25) is 0 Å². The Balaban J connectivity index is 1.93. The zero-order valence-corrected chi connectivity index (χ0v) is 11.5. The van der Waals surface area contributed by atoms with E-state index in [1.807, 2.05) is 0 Å². The molecule has 112 valence electrons. The van der Waals surface area contributed by atoms with Crippen LogP contribution in [0.2, 0.25) is 0 Å². The highest BCUT2D eigenvalue weighted by molar-refractivity contribution is 6.00. The third-order valence-corrected chi connectivity index (χ3v) is 3.41. The standard InChI is InChI=1S/C15H18N2O4/c18-11-6-7-13(12(8-11)14(19)20)17-15(21)16-9-10-4-2-1-3-5-10/h1-2,6-8,10,18H,3-5,9H2,(H,19,20)(H2,16,17,21). The summed E-state index contributed by atoms with van der Waals surface area (Å²) in [6.45, 7) is 0.552. The molecule has 2 rings (SSSR count). The monoisotopic (exact) mass is 290 g/mol. The van der Waals surface area contributed by atoms with Crippen molar-refractivity contribution in [3.05, 3.63) is 35.9 Å². The van der Waals surface area contributed by atoms with Crippen LogP contribution in [0.4, 0.5) is 10.5 Å². The number of urea groups is 1. The zero-order chi connectivity index (χ0) is 15.2. The molecule has 1 aliphatic carbocycles. The molecule has 0 aliphatic heterocycles. The van der Waals surface area contributed by atoms with E-state index in [1.54, 1.807) is 0 Å². The van der Waals surface area contributed by atoms with E-state index in [0.717, 1.165) is 25.3 Å². The second-order valence-electron chi connectivity index (χ2n) is 5.02. The Bertz CT molecular complexity index is 569. The van der Waals surface area contributed by atoms with Gasteiger partial charge < -0.3 is 20.8 Å². The molecule has 0 heterocycles. The number of hydrogen-bond donors (Lipinski definition) is 4. The Morgan fingerprint density at radius 2 is 2.10 bits per heavy atom. The Kier molecular flexibility index (Phi) is 4.81. The molecule has 0 bridgehead atoms. The molecule has 0 saturated carbocycles. The quantitative estimate of drug-likeness (QED) is 0.506. The summed E-state index contributed by atoms with van der Waals surface area (Å²) in [5.41, 5.74) is 0.00656. The van der Waals surface area contributed by atoms with E-state index in [2.05, 4.69) is 22.8 Å².